The van der Waals surface area contributed by atoms with Crippen LogP contribution in [0.2, 0.25) is 0 Å². The summed E-state index contributed by atoms with van der Waals surface area (Å²) in [6, 6.07) is 12.0. The van der Waals surface area contributed by atoms with Crippen molar-refractivity contribution in [2.24, 2.45) is 0 Å². The van der Waals surface area contributed by atoms with Gasteiger partial charge in [-0.15, -0.1) is 0 Å². The van der Waals surface area contributed by atoms with Crippen LogP contribution in [0.1, 0.15) is 27.2 Å². The van der Waals surface area contributed by atoms with Crippen LogP contribution in [0.4, 0.5) is 5.69 Å². The highest BCUT2D eigenvalue weighted by atomic mass is 15.3. The number of hydrogen-bond acceptors (Lipinski definition) is 3. The van der Waals surface area contributed by atoms with Gasteiger partial charge in [0.1, 0.15) is 0 Å². The van der Waals surface area contributed by atoms with Gasteiger partial charge >= 0.3 is 0 Å². The monoisotopic (exact) mass is 275 g/mol. The second-order valence-corrected chi connectivity index (χ2v) is 5.98. The second kappa shape index (κ2) is 7.65. The molecule has 0 aromatic heterocycles. The van der Waals surface area contributed by atoms with E-state index in [2.05, 4.69) is 66.2 Å². The lowest BCUT2D eigenvalue weighted by atomic mass is 10.1. The molecule has 1 aliphatic rings. The molecule has 0 aliphatic carbocycles. The van der Waals surface area contributed by atoms with Crippen LogP contribution in [0.3, 0.4) is 0 Å². The molecule has 3 nitrogen and oxygen atoms in total. The maximum atomic E-state index is 3.58. The Balaban J connectivity index is 1.83. The molecule has 0 bridgehead atoms. The standard InChI is InChI=1S/C17H29N3/c1-4-16(14-18-15(2)3)19-10-12-20(13-11-19)17-8-6-5-7-9-17/h5-9,15-16,18H,4,10-14H2,1-3H3. The minimum atomic E-state index is 0.578. The van der Waals surface area contributed by atoms with E-state index < -0.39 is 0 Å². The molecule has 112 valence electrons. The summed E-state index contributed by atoms with van der Waals surface area (Å²) < 4.78 is 0. The largest absolute Gasteiger partial charge is 0.369 e. The minimum Gasteiger partial charge on any atom is -0.369 e. The van der Waals surface area contributed by atoms with Gasteiger partial charge in [-0.05, 0) is 18.6 Å². The fourth-order valence-electron chi connectivity index (χ4n) is 2.89. The van der Waals surface area contributed by atoms with Crippen molar-refractivity contribution in [3.05, 3.63) is 30.3 Å². The summed E-state index contributed by atoms with van der Waals surface area (Å²) in [5.41, 5.74) is 1.36. The first kappa shape index (κ1) is 15.3. The molecule has 1 N–H and O–H groups in total. The van der Waals surface area contributed by atoms with E-state index in [1.165, 1.54) is 25.2 Å². The van der Waals surface area contributed by atoms with Gasteiger partial charge in [0.25, 0.3) is 0 Å². The van der Waals surface area contributed by atoms with Gasteiger partial charge in [-0.2, -0.15) is 0 Å². The van der Waals surface area contributed by atoms with Crippen molar-refractivity contribution >= 4 is 5.69 Å². The Labute approximate surface area is 124 Å². The summed E-state index contributed by atoms with van der Waals surface area (Å²) in [7, 11) is 0. The number of piperazine rings is 1. The molecule has 1 aromatic carbocycles. The van der Waals surface area contributed by atoms with E-state index in [9.17, 15) is 0 Å². The van der Waals surface area contributed by atoms with Crippen LogP contribution in [-0.4, -0.2) is 49.7 Å². The number of anilines is 1. The van der Waals surface area contributed by atoms with Crippen LogP contribution in [0, 0.1) is 0 Å². The molecule has 1 atom stereocenters. The van der Waals surface area contributed by atoms with Crippen molar-refractivity contribution in [1.82, 2.24) is 10.2 Å². The van der Waals surface area contributed by atoms with E-state index in [4.69, 9.17) is 0 Å². The fourth-order valence-corrected chi connectivity index (χ4v) is 2.89. The summed E-state index contributed by atoms with van der Waals surface area (Å²) >= 11 is 0. The van der Waals surface area contributed by atoms with Crippen molar-refractivity contribution in [2.45, 2.75) is 39.3 Å². The molecule has 1 aromatic rings. The van der Waals surface area contributed by atoms with Crippen molar-refractivity contribution in [1.29, 1.82) is 0 Å². The fraction of sp³-hybridized carbons (Fsp3) is 0.647. The Hall–Kier alpha value is -1.06. The van der Waals surface area contributed by atoms with E-state index in [-0.39, 0.29) is 0 Å². The first-order valence-electron chi connectivity index (χ1n) is 7.98. The highest BCUT2D eigenvalue weighted by molar-refractivity contribution is 5.46. The summed E-state index contributed by atoms with van der Waals surface area (Å²) in [5, 5.41) is 3.58. The first-order chi connectivity index (χ1) is 9.70. The number of benzene rings is 1. The summed E-state index contributed by atoms with van der Waals surface area (Å²) in [6.45, 7) is 12.5. The van der Waals surface area contributed by atoms with Crippen LogP contribution >= 0.6 is 0 Å². The molecule has 1 aliphatic heterocycles. The molecule has 3 heteroatoms. The molecule has 0 radical (unpaired) electrons. The van der Waals surface area contributed by atoms with E-state index in [0.29, 0.717) is 12.1 Å². The van der Waals surface area contributed by atoms with Gasteiger partial charge in [0.15, 0.2) is 0 Å². The molecule has 0 amide bonds. The highest BCUT2D eigenvalue weighted by Gasteiger charge is 2.22. The molecule has 2 rings (SSSR count). The molecule has 0 spiro atoms. The predicted octanol–water partition coefficient (Wildman–Crippen LogP) is 2.59. The number of rotatable bonds is 6. The van der Waals surface area contributed by atoms with Crippen LogP contribution in [0.5, 0.6) is 0 Å². The van der Waals surface area contributed by atoms with Crippen molar-refractivity contribution in [2.75, 3.05) is 37.6 Å². The van der Waals surface area contributed by atoms with Crippen LogP contribution in [0.15, 0.2) is 30.3 Å². The smallest absolute Gasteiger partial charge is 0.0367 e. The van der Waals surface area contributed by atoms with E-state index in [0.717, 1.165) is 19.6 Å². The maximum absolute atomic E-state index is 3.58. The molecule has 1 saturated heterocycles. The second-order valence-electron chi connectivity index (χ2n) is 5.98. The SMILES string of the molecule is CCC(CNC(C)C)N1CCN(c2ccccc2)CC1. The Morgan fingerprint density at radius 1 is 1.05 bits per heavy atom. The first-order valence-corrected chi connectivity index (χ1v) is 7.98. The van der Waals surface area contributed by atoms with Gasteiger partial charge in [0.2, 0.25) is 0 Å². The van der Waals surface area contributed by atoms with Crippen molar-refractivity contribution in [3.63, 3.8) is 0 Å². The Morgan fingerprint density at radius 3 is 2.25 bits per heavy atom. The number of nitrogens with one attached hydrogen (secondary N) is 1. The van der Waals surface area contributed by atoms with Gasteiger partial charge in [0, 0.05) is 50.5 Å². The lowest BCUT2D eigenvalue weighted by Crippen LogP contribution is -2.53. The summed E-state index contributed by atoms with van der Waals surface area (Å²) in [4.78, 5) is 5.15. The summed E-state index contributed by atoms with van der Waals surface area (Å²) in [5.74, 6) is 0. The van der Waals surface area contributed by atoms with E-state index in [1.807, 2.05) is 0 Å². The topological polar surface area (TPSA) is 18.5 Å². The molecule has 0 saturated carbocycles. The molecule has 1 heterocycles. The van der Waals surface area contributed by atoms with Crippen molar-refractivity contribution < 1.29 is 0 Å². The zero-order chi connectivity index (χ0) is 14.4. The third kappa shape index (κ3) is 4.22. The summed E-state index contributed by atoms with van der Waals surface area (Å²) in [6.07, 6.45) is 1.23. The Morgan fingerprint density at radius 2 is 1.70 bits per heavy atom. The number of para-hydroxylation sites is 1. The maximum Gasteiger partial charge on any atom is 0.0367 e. The Bertz CT molecular complexity index is 369. The normalized spacial score (nSPS) is 18.5. The molecule has 20 heavy (non-hydrogen) atoms. The number of nitrogens with zero attached hydrogens (tertiary/aromatic N) is 2. The van der Waals surface area contributed by atoms with Gasteiger partial charge in [-0.3, -0.25) is 4.90 Å². The predicted molar refractivity (Wildman–Crippen MR) is 87.4 cm³/mol. The Kier molecular flexibility index (Phi) is 5.86. The average Bonchev–Trinajstić information content (AvgIpc) is 2.49. The zero-order valence-corrected chi connectivity index (χ0v) is 13.2. The van der Waals surface area contributed by atoms with E-state index >= 15 is 0 Å². The molecule has 1 unspecified atom stereocenters. The van der Waals surface area contributed by atoms with Gasteiger partial charge in [0.05, 0.1) is 0 Å². The average molecular weight is 275 g/mol. The lowest BCUT2D eigenvalue weighted by Gasteiger charge is -2.40. The molecular weight excluding hydrogens is 246 g/mol. The third-order valence-electron chi connectivity index (χ3n) is 4.18. The van der Waals surface area contributed by atoms with Gasteiger partial charge in [-0.25, -0.2) is 0 Å². The zero-order valence-electron chi connectivity index (χ0n) is 13.2. The van der Waals surface area contributed by atoms with Crippen molar-refractivity contribution in [3.8, 4) is 0 Å². The minimum absolute atomic E-state index is 0.578. The molecule has 1 fully saturated rings. The van der Waals surface area contributed by atoms with Gasteiger partial charge < -0.3 is 10.2 Å². The van der Waals surface area contributed by atoms with Crippen LogP contribution in [-0.2, 0) is 0 Å². The lowest BCUT2D eigenvalue weighted by molar-refractivity contribution is 0.174. The van der Waals surface area contributed by atoms with E-state index in [1.54, 1.807) is 0 Å². The van der Waals surface area contributed by atoms with Crippen LogP contribution < -0.4 is 10.2 Å². The van der Waals surface area contributed by atoms with Gasteiger partial charge in [-0.1, -0.05) is 39.0 Å². The number of hydrogen-bond donors (Lipinski definition) is 1. The van der Waals surface area contributed by atoms with Crippen LogP contribution in [0.25, 0.3) is 0 Å². The highest BCUT2D eigenvalue weighted by Crippen LogP contribution is 2.17. The molecular formula is C17H29N3. The third-order valence-corrected chi connectivity index (χ3v) is 4.18. The quantitative estimate of drug-likeness (QED) is 0.861.